The maximum absolute atomic E-state index is 13.8. The Kier molecular flexibility index (Phi) is 5.78. The molecule has 0 unspecified atom stereocenters. The molecule has 3 N–H and O–H groups in total. The van der Waals surface area contributed by atoms with Gasteiger partial charge in [-0.1, -0.05) is 6.42 Å². The summed E-state index contributed by atoms with van der Waals surface area (Å²) in [5, 5.41) is 10.7. The molecule has 3 heterocycles. The van der Waals surface area contributed by atoms with Gasteiger partial charge in [-0.05, 0) is 43.4 Å². The van der Waals surface area contributed by atoms with Crippen LogP contribution in [0.1, 0.15) is 24.8 Å². The van der Waals surface area contributed by atoms with Crippen molar-refractivity contribution in [1.82, 2.24) is 15.1 Å². The van der Waals surface area contributed by atoms with E-state index in [9.17, 15) is 4.39 Å². The number of aliphatic imine (C=N–C) groups is 1. The number of piperidine rings is 1. The van der Waals surface area contributed by atoms with Crippen molar-refractivity contribution in [3.63, 3.8) is 0 Å². The number of nitrogens with zero attached hydrogens (tertiary/aromatic N) is 3. The smallest absolute Gasteiger partial charge is 0.153 e. The van der Waals surface area contributed by atoms with Crippen LogP contribution >= 0.6 is 11.3 Å². The third-order valence-corrected chi connectivity index (χ3v) is 4.71. The van der Waals surface area contributed by atoms with E-state index in [2.05, 4.69) is 15.4 Å². The molecule has 0 amide bonds. The van der Waals surface area contributed by atoms with Gasteiger partial charge in [0.15, 0.2) is 5.82 Å². The number of aryl methyl sites for hydroxylation is 1. The average molecular weight is 359 g/mol. The Morgan fingerprint density at radius 1 is 1.32 bits per heavy atom. The minimum atomic E-state index is -0.372. The van der Waals surface area contributed by atoms with Crippen molar-refractivity contribution in [1.29, 1.82) is 0 Å². The summed E-state index contributed by atoms with van der Waals surface area (Å²) in [6.45, 7) is 2.50. The van der Waals surface area contributed by atoms with Gasteiger partial charge >= 0.3 is 0 Å². The molecule has 132 valence electrons. The average Bonchev–Trinajstić information content (AvgIpc) is 3.20. The first kappa shape index (κ1) is 17.6. The van der Waals surface area contributed by atoms with Gasteiger partial charge in [-0.25, -0.2) is 4.39 Å². The molecule has 0 spiro atoms. The van der Waals surface area contributed by atoms with Crippen molar-refractivity contribution in [3.05, 3.63) is 41.2 Å². The number of nitrogens with two attached hydrogens (primary N) is 1. The van der Waals surface area contributed by atoms with Gasteiger partial charge in [-0.2, -0.15) is 5.10 Å². The first-order chi connectivity index (χ1) is 12.1. The first-order valence-electron chi connectivity index (χ1n) is 8.34. The molecule has 1 saturated heterocycles. The van der Waals surface area contributed by atoms with Crippen molar-refractivity contribution in [2.45, 2.75) is 19.3 Å². The Labute approximate surface area is 150 Å². The maximum atomic E-state index is 13.8. The van der Waals surface area contributed by atoms with Gasteiger partial charge in [0.25, 0.3) is 0 Å². The van der Waals surface area contributed by atoms with Crippen LogP contribution < -0.4 is 11.1 Å². The Hall–Kier alpha value is -2.25. The number of nitrogen functional groups attached to an aromatic ring is 1. The second kappa shape index (κ2) is 8.22. The Bertz CT molecular complexity index is 852. The van der Waals surface area contributed by atoms with E-state index in [1.54, 1.807) is 30.2 Å². The van der Waals surface area contributed by atoms with Gasteiger partial charge in [-0.15, -0.1) is 11.3 Å². The van der Waals surface area contributed by atoms with Crippen LogP contribution in [0.3, 0.4) is 0 Å². The largest absolute Gasteiger partial charge is 0.390 e. The van der Waals surface area contributed by atoms with Crippen LogP contribution in [-0.2, 0) is 7.05 Å². The molecule has 3 aromatic rings. The van der Waals surface area contributed by atoms with Crippen molar-refractivity contribution in [2.24, 2.45) is 12.0 Å². The highest BCUT2D eigenvalue weighted by molar-refractivity contribution is 7.14. The highest BCUT2D eigenvalue weighted by Gasteiger charge is 2.07. The van der Waals surface area contributed by atoms with E-state index in [4.69, 9.17) is 5.73 Å². The monoisotopic (exact) mass is 359 g/mol. The normalized spacial score (nSPS) is 14.6. The number of anilines is 1. The zero-order valence-corrected chi connectivity index (χ0v) is 15.0. The van der Waals surface area contributed by atoms with E-state index in [1.807, 2.05) is 11.4 Å². The Morgan fingerprint density at radius 3 is 2.72 bits per heavy atom. The van der Waals surface area contributed by atoms with Gasteiger partial charge < -0.3 is 11.1 Å². The van der Waals surface area contributed by atoms with E-state index >= 15 is 0 Å². The van der Waals surface area contributed by atoms with Gasteiger partial charge in [0, 0.05) is 36.5 Å². The fourth-order valence-corrected chi connectivity index (χ4v) is 3.27. The van der Waals surface area contributed by atoms with E-state index in [0.717, 1.165) is 10.9 Å². The summed E-state index contributed by atoms with van der Waals surface area (Å²) in [5.41, 5.74) is 7.52. The lowest BCUT2D eigenvalue weighted by Gasteiger charge is -2.08. The van der Waals surface area contributed by atoms with E-state index in [0.29, 0.717) is 16.2 Å². The minimum absolute atomic E-state index is 0.358. The van der Waals surface area contributed by atoms with Crippen molar-refractivity contribution < 1.29 is 4.39 Å². The van der Waals surface area contributed by atoms with E-state index in [-0.39, 0.29) is 5.82 Å². The summed E-state index contributed by atoms with van der Waals surface area (Å²) in [7, 11) is 1.76. The minimum Gasteiger partial charge on any atom is -0.390 e. The number of hydrogen-bond donors (Lipinski definition) is 2. The molecule has 1 fully saturated rings. The summed E-state index contributed by atoms with van der Waals surface area (Å²) in [6.07, 6.45) is 7.62. The van der Waals surface area contributed by atoms with Gasteiger partial charge in [0.05, 0.1) is 10.7 Å². The number of aromatic nitrogens is 2. The molecular formula is C18H22FN5S. The summed E-state index contributed by atoms with van der Waals surface area (Å²) < 4.78 is 15.4. The number of benzene rings is 1. The molecule has 25 heavy (non-hydrogen) atoms. The van der Waals surface area contributed by atoms with Crippen molar-refractivity contribution >= 4 is 39.1 Å². The zero-order valence-electron chi connectivity index (χ0n) is 14.2. The number of nitrogens with one attached hydrogen (secondary N) is 1. The molecule has 0 aliphatic carbocycles. The number of rotatable bonds is 2. The fraction of sp³-hybridized carbons (Fsp3) is 0.333. The maximum Gasteiger partial charge on any atom is 0.153 e. The van der Waals surface area contributed by atoms with Crippen LogP contribution in [0, 0.1) is 5.82 Å². The van der Waals surface area contributed by atoms with Crippen molar-refractivity contribution in [3.8, 4) is 0 Å². The van der Waals surface area contributed by atoms with Crippen LogP contribution in [0.5, 0.6) is 0 Å². The van der Waals surface area contributed by atoms with Crippen LogP contribution in [0.2, 0.25) is 0 Å². The number of halogens is 1. The quantitative estimate of drug-likeness (QED) is 0.683. The second-order valence-electron chi connectivity index (χ2n) is 5.98. The van der Waals surface area contributed by atoms with Crippen molar-refractivity contribution in [2.75, 3.05) is 18.8 Å². The molecule has 5 nitrogen and oxygen atoms in total. The lowest BCUT2D eigenvalue weighted by molar-refractivity contribution is 0.520. The third kappa shape index (κ3) is 4.64. The molecule has 1 aromatic carbocycles. The molecule has 0 saturated carbocycles. The first-order valence-corrected chi connectivity index (χ1v) is 9.22. The summed E-state index contributed by atoms with van der Waals surface area (Å²) in [4.78, 5) is 4.25. The van der Waals surface area contributed by atoms with Crippen LogP contribution in [0.15, 0.2) is 34.8 Å². The third-order valence-electron chi connectivity index (χ3n) is 3.95. The molecule has 1 aliphatic rings. The molecule has 0 bridgehead atoms. The molecular weight excluding hydrogens is 337 g/mol. The van der Waals surface area contributed by atoms with E-state index < -0.39 is 0 Å². The SMILES string of the molecule is C1CCNCC1.Cn1cc2cc(N=Cc3ccsc3N)cc(F)c2n1. The predicted molar refractivity (Wildman–Crippen MR) is 103 cm³/mol. The molecule has 0 atom stereocenters. The van der Waals surface area contributed by atoms with E-state index in [1.165, 1.54) is 49.8 Å². The fourth-order valence-electron chi connectivity index (χ4n) is 2.66. The molecule has 1 aliphatic heterocycles. The predicted octanol–water partition coefficient (Wildman–Crippen LogP) is 3.87. The second-order valence-corrected chi connectivity index (χ2v) is 6.92. The lowest BCUT2D eigenvalue weighted by Crippen LogP contribution is -2.21. The number of thiophene rings is 1. The standard InChI is InChI=1S/C13H11FN4S.C5H11N/c1-18-7-9-4-10(5-11(14)12(9)17-18)16-6-8-2-3-19-13(8)15;1-2-4-6-5-3-1/h2-7H,15H2,1H3;6H,1-5H2. The van der Waals surface area contributed by atoms with Gasteiger partial charge in [0.1, 0.15) is 5.52 Å². The Morgan fingerprint density at radius 2 is 2.12 bits per heavy atom. The Balaban J connectivity index is 0.000000258. The number of fused-ring (bicyclic) bond motifs is 1. The molecule has 4 rings (SSSR count). The topological polar surface area (TPSA) is 68.2 Å². The highest BCUT2D eigenvalue weighted by atomic mass is 32.1. The van der Waals surface area contributed by atoms with Crippen LogP contribution in [0.4, 0.5) is 15.1 Å². The zero-order chi connectivity index (χ0) is 17.6. The number of hydrogen-bond acceptors (Lipinski definition) is 5. The summed E-state index contributed by atoms with van der Waals surface area (Å²) in [5.74, 6) is -0.372. The van der Waals surface area contributed by atoms with Gasteiger partial charge in [0.2, 0.25) is 0 Å². The summed E-state index contributed by atoms with van der Waals surface area (Å²) in [6, 6.07) is 5.04. The molecule has 7 heteroatoms. The van der Waals surface area contributed by atoms with Crippen LogP contribution in [0.25, 0.3) is 10.9 Å². The van der Waals surface area contributed by atoms with Crippen LogP contribution in [-0.4, -0.2) is 29.1 Å². The van der Waals surface area contributed by atoms with Gasteiger partial charge in [-0.3, -0.25) is 9.67 Å². The highest BCUT2D eigenvalue weighted by Crippen LogP contribution is 2.24. The molecule has 2 aromatic heterocycles. The molecule has 0 radical (unpaired) electrons. The summed E-state index contributed by atoms with van der Waals surface area (Å²) >= 11 is 1.45. The lowest BCUT2D eigenvalue weighted by atomic mass is 10.2.